The third-order valence-electron chi connectivity index (χ3n) is 5.25. The Kier molecular flexibility index (Phi) is 2.95. The highest BCUT2D eigenvalue weighted by atomic mass is 35.5. The molecule has 2 heterocycles. The van der Waals surface area contributed by atoms with Crippen LogP contribution in [-0.4, -0.2) is 29.8 Å². The monoisotopic (exact) mass is 281 g/mol. The summed E-state index contributed by atoms with van der Waals surface area (Å²) >= 11 is 0. The summed E-state index contributed by atoms with van der Waals surface area (Å²) in [5.74, 6) is 0.290. The highest BCUT2D eigenvalue weighted by Crippen LogP contribution is 2.51. The van der Waals surface area contributed by atoms with E-state index in [0.717, 1.165) is 18.4 Å². The minimum absolute atomic E-state index is 0. The maximum Gasteiger partial charge on any atom is 0.168 e. The van der Waals surface area contributed by atoms with Crippen molar-refractivity contribution >= 4 is 18.2 Å². The predicted octanol–water partition coefficient (Wildman–Crippen LogP) is 3.01. The molecule has 0 aromatic heterocycles. The van der Waals surface area contributed by atoms with Crippen LogP contribution in [0, 0.1) is 11.7 Å². The molecule has 0 radical (unpaired) electrons. The number of hydrogen-bond donors (Lipinski definition) is 0. The molecule has 0 N–H and O–H groups in total. The first kappa shape index (κ1) is 13.1. The van der Waals surface area contributed by atoms with Crippen LogP contribution < -0.4 is 0 Å². The molecule has 2 unspecified atom stereocenters. The fourth-order valence-electron chi connectivity index (χ4n) is 4.39. The van der Waals surface area contributed by atoms with Crippen molar-refractivity contribution < 1.29 is 9.18 Å². The smallest absolute Gasteiger partial charge is 0.168 e. The average molecular weight is 282 g/mol. The lowest BCUT2D eigenvalue weighted by Crippen LogP contribution is -2.46. The molecule has 2 fully saturated rings. The Morgan fingerprint density at radius 1 is 1.32 bits per heavy atom. The average Bonchev–Trinajstić information content (AvgIpc) is 2.74. The van der Waals surface area contributed by atoms with Crippen LogP contribution in [0.25, 0.3) is 0 Å². The van der Waals surface area contributed by atoms with Gasteiger partial charge < -0.3 is 0 Å². The van der Waals surface area contributed by atoms with Gasteiger partial charge in [-0.1, -0.05) is 6.07 Å². The molecule has 4 rings (SSSR count). The van der Waals surface area contributed by atoms with Crippen molar-refractivity contribution in [2.24, 2.45) is 5.92 Å². The molecule has 1 aromatic carbocycles. The van der Waals surface area contributed by atoms with E-state index in [-0.39, 0.29) is 29.9 Å². The van der Waals surface area contributed by atoms with E-state index in [4.69, 9.17) is 0 Å². The lowest BCUT2D eigenvalue weighted by Gasteiger charge is -2.39. The van der Waals surface area contributed by atoms with Gasteiger partial charge in [0.15, 0.2) is 5.78 Å². The summed E-state index contributed by atoms with van der Waals surface area (Å²) in [5, 5.41) is 0. The number of carbonyl (C=O) groups excluding carboxylic acids is 1. The first-order valence-corrected chi connectivity index (χ1v) is 6.72. The lowest BCUT2D eigenvalue weighted by atomic mass is 9.80. The Morgan fingerprint density at radius 2 is 2.11 bits per heavy atom. The number of rotatable bonds is 0. The van der Waals surface area contributed by atoms with Gasteiger partial charge in [-0.05, 0) is 49.9 Å². The summed E-state index contributed by atoms with van der Waals surface area (Å²) in [6.45, 7) is 0. The molecule has 2 nitrogen and oxygen atoms in total. The van der Waals surface area contributed by atoms with Crippen molar-refractivity contribution in [3.05, 3.63) is 35.1 Å². The van der Waals surface area contributed by atoms with Gasteiger partial charge in [-0.2, -0.15) is 0 Å². The van der Waals surface area contributed by atoms with Gasteiger partial charge in [0.1, 0.15) is 5.82 Å². The molecule has 2 bridgehead atoms. The van der Waals surface area contributed by atoms with Crippen molar-refractivity contribution in [2.45, 2.75) is 37.3 Å². The first-order chi connectivity index (χ1) is 8.66. The van der Waals surface area contributed by atoms with E-state index in [9.17, 15) is 9.18 Å². The van der Waals surface area contributed by atoms with Gasteiger partial charge in [-0.15, -0.1) is 12.4 Å². The second-order valence-electron chi connectivity index (χ2n) is 5.93. The zero-order valence-electron chi connectivity index (χ0n) is 10.8. The minimum Gasteiger partial charge on any atom is -0.300 e. The Labute approximate surface area is 118 Å². The molecular weight excluding hydrogens is 265 g/mol. The maximum absolute atomic E-state index is 13.3. The molecule has 3 aliphatic rings. The van der Waals surface area contributed by atoms with Gasteiger partial charge in [-0.3, -0.25) is 9.69 Å². The van der Waals surface area contributed by atoms with Crippen LogP contribution in [0.15, 0.2) is 18.2 Å². The summed E-state index contributed by atoms with van der Waals surface area (Å²) in [7, 11) is 2.13. The molecule has 0 amide bonds. The number of carbonyl (C=O) groups is 1. The number of fused-ring (bicyclic) bond motifs is 6. The number of halogens is 2. The van der Waals surface area contributed by atoms with Crippen molar-refractivity contribution in [1.29, 1.82) is 0 Å². The number of benzene rings is 1. The summed E-state index contributed by atoms with van der Waals surface area (Å²) in [6.07, 6.45) is 3.38. The first-order valence-electron chi connectivity index (χ1n) is 6.72. The number of piperidine rings is 1. The summed E-state index contributed by atoms with van der Waals surface area (Å²) in [5.41, 5.74) is 1.74. The van der Waals surface area contributed by atoms with Crippen LogP contribution in [0.5, 0.6) is 0 Å². The van der Waals surface area contributed by atoms with Gasteiger partial charge in [0.2, 0.25) is 0 Å². The minimum atomic E-state index is -0.292. The molecule has 1 aromatic rings. The third-order valence-corrected chi connectivity index (χ3v) is 5.25. The van der Waals surface area contributed by atoms with E-state index in [0.29, 0.717) is 23.6 Å². The standard InChI is InChI=1S/C15H16FNO.ClH/c1-17-9-3-5-13(17)14-11(7-9)10-4-2-8(16)6-12(10)15(14)18;/h2,4,6,9,11,13-14H,3,5,7H2,1H3;1H/t9?,11-,13?,14+;/m1./s1. The molecule has 4 heteroatoms. The molecule has 0 spiro atoms. The van der Waals surface area contributed by atoms with Crippen molar-refractivity contribution in [1.82, 2.24) is 4.90 Å². The second-order valence-corrected chi connectivity index (χ2v) is 5.93. The molecule has 19 heavy (non-hydrogen) atoms. The van der Waals surface area contributed by atoms with E-state index < -0.39 is 0 Å². The quantitative estimate of drug-likeness (QED) is 0.729. The zero-order chi connectivity index (χ0) is 12.4. The van der Waals surface area contributed by atoms with Crippen LogP contribution in [0.1, 0.15) is 41.1 Å². The number of Topliss-reactive ketones (excluding diaryl/α,β-unsaturated/α-hetero) is 1. The Hall–Kier alpha value is -0.930. The Balaban J connectivity index is 0.00000110. The maximum atomic E-state index is 13.3. The fourth-order valence-corrected chi connectivity index (χ4v) is 4.39. The van der Waals surface area contributed by atoms with Gasteiger partial charge in [-0.25, -0.2) is 4.39 Å². The van der Waals surface area contributed by atoms with Crippen LogP contribution >= 0.6 is 12.4 Å². The Morgan fingerprint density at radius 3 is 2.89 bits per heavy atom. The molecule has 4 atom stereocenters. The zero-order valence-corrected chi connectivity index (χ0v) is 11.6. The van der Waals surface area contributed by atoms with Crippen LogP contribution in [0.3, 0.4) is 0 Å². The predicted molar refractivity (Wildman–Crippen MR) is 73.4 cm³/mol. The molecular formula is C15H17ClFNO. The van der Waals surface area contributed by atoms with E-state index in [1.54, 1.807) is 0 Å². The summed E-state index contributed by atoms with van der Waals surface area (Å²) in [6, 6.07) is 5.74. The number of hydrogen-bond acceptors (Lipinski definition) is 2. The fraction of sp³-hybridized carbons (Fsp3) is 0.533. The van der Waals surface area contributed by atoms with Gasteiger partial charge >= 0.3 is 0 Å². The van der Waals surface area contributed by atoms with Crippen LogP contribution in [-0.2, 0) is 0 Å². The van der Waals surface area contributed by atoms with E-state index in [1.165, 1.54) is 18.6 Å². The lowest BCUT2D eigenvalue weighted by molar-refractivity contribution is 0.0697. The summed E-state index contributed by atoms with van der Waals surface area (Å²) in [4.78, 5) is 14.9. The largest absolute Gasteiger partial charge is 0.300 e. The van der Waals surface area contributed by atoms with Crippen molar-refractivity contribution in [3.8, 4) is 0 Å². The third kappa shape index (κ3) is 1.61. The van der Waals surface area contributed by atoms with Crippen LogP contribution in [0.2, 0.25) is 0 Å². The highest BCUT2D eigenvalue weighted by Gasteiger charge is 2.53. The normalized spacial score (nSPS) is 35.8. The van der Waals surface area contributed by atoms with Gasteiger partial charge in [0.25, 0.3) is 0 Å². The molecule has 2 saturated heterocycles. The van der Waals surface area contributed by atoms with Gasteiger partial charge in [0, 0.05) is 23.6 Å². The van der Waals surface area contributed by atoms with Crippen LogP contribution in [0.4, 0.5) is 4.39 Å². The van der Waals surface area contributed by atoms with E-state index in [1.807, 2.05) is 6.07 Å². The highest BCUT2D eigenvalue weighted by molar-refractivity contribution is 6.03. The van der Waals surface area contributed by atoms with Gasteiger partial charge in [0.05, 0.1) is 0 Å². The molecule has 102 valence electrons. The number of ketones is 1. The van der Waals surface area contributed by atoms with Crippen molar-refractivity contribution in [2.75, 3.05) is 7.05 Å². The Bertz CT molecular complexity index is 547. The molecule has 1 aliphatic carbocycles. The SMILES string of the molecule is CN1C2CCC1[C@H]1C(=O)c3cc(F)ccc3[C@H]1C2.Cl. The molecule has 0 saturated carbocycles. The second kappa shape index (κ2) is 4.29. The number of nitrogens with zero attached hydrogens (tertiary/aromatic N) is 1. The topological polar surface area (TPSA) is 20.3 Å². The molecule has 2 aliphatic heterocycles. The van der Waals surface area contributed by atoms with Crippen molar-refractivity contribution in [3.63, 3.8) is 0 Å². The summed E-state index contributed by atoms with van der Waals surface area (Å²) < 4.78 is 13.3. The van der Waals surface area contributed by atoms with E-state index in [2.05, 4.69) is 11.9 Å². The van der Waals surface area contributed by atoms with E-state index >= 15 is 0 Å².